The highest BCUT2D eigenvalue weighted by molar-refractivity contribution is 7.92. The first-order valence-corrected chi connectivity index (χ1v) is 18.0. The van der Waals surface area contributed by atoms with Gasteiger partial charge in [-0.1, -0.05) is 29.8 Å². The highest BCUT2D eigenvalue weighted by atomic mass is 35.5. The van der Waals surface area contributed by atoms with E-state index in [-0.39, 0.29) is 23.9 Å². The molecule has 0 aromatic heterocycles. The first-order valence-electron chi connectivity index (χ1n) is 16.0. The third-order valence-electron chi connectivity index (χ3n) is 9.78. The predicted octanol–water partition coefficient (Wildman–Crippen LogP) is 6.47. The van der Waals surface area contributed by atoms with E-state index in [1.54, 1.807) is 20.1 Å². The molecular weight excluding hydrogens is 614 g/mol. The van der Waals surface area contributed by atoms with Crippen molar-refractivity contribution in [3.8, 4) is 5.75 Å². The smallest absolute Gasteiger partial charge is 0.419 e. The lowest BCUT2D eigenvalue weighted by molar-refractivity contribution is 0.0132. The molecule has 2 aliphatic heterocycles. The zero-order chi connectivity index (χ0) is 31.6. The Morgan fingerprint density at radius 2 is 2.09 bits per heavy atom. The molecule has 242 valence electrons. The van der Waals surface area contributed by atoms with Gasteiger partial charge in [0, 0.05) is 36.2 Å². The zero-order valence-electron chi connectivity index (χ0n) is 26.0. The number of carbonyl (C=O) groups excluding carboxylic acids is 2. The van der Waals surface area contributed by atoms with Crippen molar-refractivity contribution in [2.45, 2.75) is 63.4 Å². The van der Waals surface area contributed by atoms with Crippen LogP contribution in [0.1, 0.15) is 66.9 Å². The Labute approximate surface area is 270 Å². The topological polar surface area (TPSA) is 107 Å². The van der Waals surface area contributed by atoms with Crippen LogP contribution in [0, 0.1) is 11.8 Å². The Morgan fingerprint density at radius 3 is 2.87 bits per heavy atom. The standard InChI is InChI=1S/C34H42ClN3O6S/c1-3-43-33(40)37-45(41)17-6-4-5-9-30(42-2)27-13-10-25(27)20-38-21-34(16-7-8-23-18-26(35)12-14-28(23)34)22-44-31-15-11-24(19-29(31)38)32(39)36-45/h5,9,11-12,14-15,18-19,25,27,30H,3-4,6-8,10,13,16-17,20-22H2,1-2H3,(H,36,37,39,40,41)/b9-5+/t25-,27+,30-,34-,45+/m0/s1. The molecule has 1 fully saturated rings. The van der Waals surface area contributed by atoms with Crippen LogP contribution in [0.4, 0.5) is 10.5 Å². The number of rotatable bonds is 3. The number of fused-ring (bicyclic) bond motifs is 4. The first-order chi connectivity index (χ1) is 21.7. The van der Waals surface area contributed by atoms with Crippen LogP contribution < -0.4 is 14.4 Å². The lowest BCUT2D eigenvalue weighted by atomic mass is 9.68. The number of halogens is 1. The van der Waals surface area contributed by atoms with Gasteiger partial charge < -0.3 is 19.1 Å². The van der Waals surface area contributed by atoms with Crippen LogP contribution in [0.5, 0.6) is 5.75 Å². The number of anilines is 1. The molecule has 5 atom stereocenters. The van der Waals surface area contributed by atoms with E-state index in [0.29, 0.717) is 42.6 Å². The highest BCUT2D eigenvalue weighted by Gasteiger charge is 2.44. The summed E-state index contributed by atoms with van der Waals surface area (Å²) in [6, 6.07) is 11.5. The Hall–Kier alpha value is -3.08. The van der Waals surface area contributed by atoms with Gasteiger partial charge in [0.25, 0.3) is 5.91 Å². The van der Waals surface area contributed by atoms with Crippen molar-refractivity contribution >= 4 is 39.2 Å². The molecule has 2 aromatic rings. The number of benzene rings is 2. The molecule has 0 unspecified atom stereocenters. The van der Waals surface area contributed by atoms with Crippen LogP contribution >= 0.6 is 11.6 Å². The third-order valence-corrected chi connectivity index (χ3v) is 11.8. The van der Waals surface area contributed by atoms with Gasteiger partial charge in [0.05, 0.1) is 30.8 Å². The van der Waals surface area contributed by atoms with E-state index >= 15 is 0 Å². The van der Waals surface area contributed by atoms with Gasteiger partial charge in [-0.25, -0.2) is 13.7 Å². The van der Waals surface area contributed by atoms with Crippen LogP contribution in [0.15, 0.2) is 52.9 Å². The number of amides is 2. The summed E-state index contributed by atoms with van der Waals surface area (Å²) in [6.07, 6.45) is 9.49. The molecule has 1 saturated carbocycles. The maximum Gasteiger partial charge on any atom is 0.419 e. The minimum atomic E-state index is -3.44. The molecule has 6 rings (SSSR count). The van der Waals surface area contributed by atoms with Crippen LogP contribution in [-0.4, -0.2) is 61.5 Å². The molecule has 0 radical (unpaired) electrons. The minimum Gasteiger partial charge on any atom is -0.490 e. The number of aryl methyl sites for hydroxylation is 1. The van der Waals surface area contributed by atoms with Crippen molar-refractivity contribution in [3.63, 3.8) is 0 Å². The summed E-state index contributed by atoms with van der Waals surface area (Å²) in [5.74, 6) is 0.822. The lowest BCUT2D eigenvalue weighted by Gasteiger charge is -2.46. The number of allylic oxidation sites excluding steroid dienone is 1. The Morgan fingerprint density at radius 1 is 1.22 bits per heavy atom. The summed E-state index contributed by atoms with van der Waals surface area (Å²) in [5, 5.41) is 0.741. The Balaban J connectivity index is 1.43. The van der Waals surface area contributed by atoms with Crippen LogP contribution in [-0.2, 0) is 31.2 Å². The lowest BCUT2D eigenvalue weighted by Crippen LogP contribution is -2.49. The van der Waals surface area contributed by atoms with E-state index in [9.17, 15) is 13.8 Å². The average Bonchev–Trinajstić information content (AvgIpc) is 3.14. The van der Waals surface area contributed by atoms with Gasteiger partial charge in [-0.05, 0) is 105 Å². The molecule has 9 nitrogen and oxygen atoms in total. The monoisotopic (exact) mass is 655 g/mol. The summed E-state index contributed by atoms with van der Waals surface area (Å²) in [5.41, 5.74) is 3.41. The molecule has 2 heterocycles. The zero-order valence-corrected chi connectivity index (χ0v) is 27.5. The molecule has 1 spiro atoms. The number of carbonyl (C=O) groups is 2. The number of hydrogen-bond acceptors (Lipinski definition) is 7. The summed E-state index contributed by atoms with van der Waals surface area (Å²) in [6.45, 7) is 3.79. The highest BCUT2D eigenvalue weighted by Crippen LogP contribution is 2.47. The number of ether oxygens (including phenoxy) is 3. The fraction of sp³-hybridized carbons (Fsp3) is 0.529. The van der Waals surface area contributed by atoms with Crippen LogP contribution in [0.3, 0.4) is 0 Å². The molecule has 11 heteroatoms. The van der Waals surface area contributed by atoms with E-state index in [2.05, 4.69) is 32.2 Å². The third kappa shape index (κ3) is 6.74. The van der Waals surface area contributed by atoms with Crippen molar-refractivity contribution in [1.82, 2.24) is 4.72 Å². The molecule has 4 aliphatic rings. The summed E-state index contributed by atoms with van der Waals surface area (Å²) in [7, 11) is -1.68. The van der Waals surface area contributed by atoms with E-state index < -0.39 is 21.9 Å². The molecule has 2 amide bonds. The summed E-state index contributed by atoms with van der Waals surface area (Å²) < 4.78 is 37.8. The van der Waals surface area contributed by atoms with Crippen LogP contribution in [0.25, 0.3) is 0 Å². The second kappa shape index (κ2) is 13.3. The van der Waals surface area contributed by atoms with Gasteiger partial charge in [0.2, 0.25) is 0 Å². The van der Waals surface area contributed by atoms with Gasteiger partial charge in [-0.3, -0.25) is 4.79 Å². The van der Waals surface area contributed by atoms with Crippen molar-refractivity contribution in [3.05, 3.63) is 70.3 Å². The average molecular weight is 656 g/mol. The quantitative estimate of drug-likeness (QED) is 0.378. The Kier molecular flexibility index (Phi) is 9.45. The first kappa shape index (κ1) is 31.9. The molecule has 0 saturated heterocycles. The molecule has 2 bridgehead atoms. The van der Waals surface area contributed by atoms with Crippen molar-refractivity contribution < 1.29 is 28.0 Å². The summed E-state index contributed by atoms with van der Waals surface area (Å²) >= 11 is 6.42. The maximum absolute atomic E-state index is 13.8. The second-order valence-electron chi connectivity index (χ2n) is 12.6. The van der Waals surface area contributed by atoms with Crippen LogP contribution in [0.2, 0.25) is 5.02 Å². The van der Waals surface area contributed by atoms with E-state index in [1.165, 1.54) is 11.1 Å². The van der Waals surface area contributed by atoms with E-state index in [0.717, 1.165) is 55.9 Å². The molecule has 45 heavy (non-hydrogen) atoms. The van der Waals surface area contributed by atoms with Gasteiger partial charge in [0.15, 0.2) is 0 Å². The number of hydrogen-bond donors (Lipinski definition) is 1. The fourth-order valence-electron chi connectivity index (χ4n) is 7.40. The number of nitrogens with zero attached hydrogens (tertiary/aromatic N) is 2. The number of nitrogens with one attached hydrogen (secondary N) is 1. The number of methoxy groups -OCH3 is 1. The predicted molar refractivity (Wildman–Crippen MR) is 176 cm³/mol. The van der Waals surface area contributed by atoms with Gasteiger partial charge in [-0.15, -0.1) is 4.36 Å². The van der Waals surface area contributed by atoms with Gasteiger partial charge in [-0.2, -0.15) is 0 Å². The molecule has 2 aliphatic carbocycles. The summed E-state index contributed by atoms with van der Waals surface area (Å²) in [4.78, 5) is 28.3. The minimum absolute atomic E-state index is 0.0116. The van der Waals surface area contributed by atoms with Crippen molar-refractivity contribution in [2.75, 3.05) is 44.1 Å². The Bertz CT molecular complexity index is 1600. The molecular formula is C34H42ClN3O6S. The van der Waals surface area contributed by atoms with E-state index in [1.807, 2.05) is 24.3 Å². The maximum atomic E-state index is 13.8. The molecule has 2 aromatic carbocycles. The SMILES string of the molecule is CCOC(=O)N[S@]1(=O)=NC(=O)c2ccc3c(c2)N(C[C@@H]2CC[C@H]2[C@@H](OC)/C=C/CCC1)C[C@@]1(CCCc2cc(Cl)ccc21)CO3. The largest absolute Gasteiger partial charge is 0.490 e. The van der Waals surface area contributed by atoms with Crippen molar-refractivity contribution in [2.24, 2.45) is 16.2 Å². The normalized spacial score (nSPS) is 30.4. The fourth-order valence-corrected chi connectivity index (χ4v) is 9.09. The second-order valence-corrected chi connectivity index (χ2v) is 15.1. The van der Waals surface area contributed by atoms with Crippen molar-refractivity contribution in [1.29, 1.82) is 0 Å². The van der Waals surface area contributed by atoms with E-state index in [4.69, 9.17) is 25.8 Å². The molecule has 1 N–H and O–H groups in total. The van der Waals surface area contributed by atoms with Gasteiger partial charge in [0.1, 0.15) is 15.7 Å². The van der Waals surface area contributed by atoms with Gasteiger partial charge >= 0.3 is 6.09 Å².